The number of unbranched alkanes of at least 4 members (excludes halogenated alkanes) is 1. The topological polar surface area (TPSA) is 87.2 Å². The average molecular weight is 478 g/mol. The molecular formula is C24H35N3O5S. The summed E-state index contributed by atoms with van der Waals surface area (Å²) in [4.78, 5) is 32.5. The summed E-state index contributed by atoms with van der Waals surface area (Å²) < 4.78 is 29.0. The minimum Gasteiger partial charge on any atom is -0.497 e. The fourth-order valence-corrected chi connectivity index (χ4v) is 7.18. The second kappa shape index (κ2) is 10.0. The van der Waals surface area contributed by atoms with Gasteiger partial charge in [0.25, 0.3) is 0 Å². The molecule has 3 aliphatic rings. The van der Waals surface area contributed by atoms with Crippen LogP contribution in [0.15, 0.2) is 24.3 Å². The van der Waals surface area contributed by atoms with Crippen LogP contribution in [0.2, 0.25) is 0 Å². The van der Waals surface area contributed by atoms with Gasteiger partial charge in [-0.25, -0.2) is 8.42 Å². The van der Waals surface area contributed by atoms with Gasteiger partial charge in [0, 0.05) is 45.2 Å². The van der Waals surface area contributed by atoms with E-state index in [0.717, 1.165) is 24.2 Å². The molecule has 0 bridgehead atoms. The predicted octanol–water partition coefficient (Wildman–Crippen LogP) is 1.72. The highest BCUT2D eigenvalue weighted by atomic mass is 32.2. The highest BCUT2D eigenvalue weighted by molar-refractivity contribution is 7.91. The number of amides is 2. The van der Waals surface area contributed by atoms with E-state index in [1.165, 1.54) is 0 Å². The van der Waals surface area contributed by atoms with Crippen LogP contribution in [-0.4, -0.2) is 92.3 Å². The molecule has 3 aliphatic heterocycles. The second-order valence-electron chi connectivity index (χ2n) is 9.39. The molecule has 0 unspecified atom stereocenters. The number of hydrogen-bond acceptors (Lipinski definition) is 6. The molecule has 1 aromatic carbocycles. The van der Waals surface area contributed by atoms with Gasteiger partial charge in [-0.1, -0.05) is 25.5 Å². The van der Waals surface area contributed by atoms with Crippen molar-refractivity contribution >= 4 is 21.7 Å². The minimum atomic E-state index is -2.92. The van der Waals surface area contributed by atoms with Gasteiger partial charge in [0.2, 0.25) is 11.8 Å². The van der Waals surface area contributed by atoms with Crippen molar-refractivity contribution in [1.82, 2.24) is 14.7 Å². The van der Waals surface area contributed by atoms with Gasteiger partial charge in [-0.3, -0.25) is 14.5 Å². The molecule has 0 N–H and O–H groups in total. The summed E-state index contributed by atoms with van der Waals surface area (Å²) in [7, 11) is -1.31. The van der Waals surface area contributed by atoms with Crippen LogP contribution < -0.4 is 4.74 Å². The molecule has 0 saturated carbocycles. The molecule has 3 fully saturated rings. The molecule has 0 aliphatic carbocycles. The van der Waals surface area contributed by atoms with Crippen LogP contribution in [0.3, 0.4) is 0 Å². The number of carbonyl (C=O) groups excluding carboxylic acids is 2. The Morgan fingerprint density at radius 2 is 1.82 bits per heavy atom. The standard InChI is InChI=1S/C24H35N3O5S/c1-3-4-10-27-22(28)16-21(23(27)18-5-7-20(32-2)8-6-18)24(29)26-13-11-25(12-14-26)19-9-15-33(30,31)17-19/h5-8,19,21,23H,3-4,9-17H2,1-2H3/t19-,21+,23-/m1/s1. The van der Waals surface area contributed by atoms with Crippen molar-refractivity contribution in [3.05, 3.63) is 29.8 Å². The Labute approximate surface area is 196 Å². The maximum atomic E-state index is 13.6. The Morgan fingerprint density at radius 3 is 2.39 bits per heavy atom. The fraction of sp³-hybridized carbons (Fsp3) is 0.667. The molecule has 3 atom stereocenters. The normalized spacial score (nSPS) is 27.8. The Kier molecular flexibility index (Phi) is 7.28. The largest absolute Gasteiger partial charge is 0.497 e. The van der Waals surface area contributed by atoms with E-state index in [9.17, 15) is 18.0 Å². The monoisotopic (exact) mass is 477 g/mol. The average Bonchev–Trinajstić information content (AvgIpc) is 3.36. The van der Waals surface area contributed by atoms with Gasteiger partial charge in [-0.05, 0) is 30.5 Å². The first kappa shape index (κ1) is 24.0. The van der Waals surface area contributed by atoms with E-state index in [1.54, 1.807) is 7.11 Å². The third-order valence-corrected chi connectivity index (χ3v) is 9.06. The van der Waals surface area contributed by atoms with Gasteiger partial charge >= 0.3 is 0 Å². The summed E-state index contributed by atoms with van der Waals surface area (Å²) in [5, 5.41) is 0. The molecule has 1 aromatic rings. The molecule has 0 spiro atoms. The van der Waals surface area contributed by atoms with E-state index in [-0.39, 0.29) is 41.8 Å². The van der Waals surface area contributed by atoms with Crippen LogP contribution in [0.1, 0.15) is 44.2 Å². The van der Waals surface area contributed by atoms with Crippen molar-refractivity contribution in [2.45, 2.75) is 44.7 Å². The van der Waals surface area contributed by atoms with Crippen molar-refractivity contribution in [3.63, 3.8) is 0 Å². The van der Waals surface area contributed by atoms with Gasteiger partial charge in [0.15, 0.2) is 9.84 Å². The molecule has 4 rings (SSSR count). The first-order valence-electron chi connectivity index (χ1n) is 12.0. The quantitative estimate of drug-likeness (QED) is 0.594. The fourth-order valence-electron chi connectivity index (χ4n) is 5.42. The van der Waals surface area contributed by atoms with Crippen LogP contribution in [0.25, 0.3) is 0 Å². The van der Waals surface area contributed by atoms with E-state index in [2.05, 4.69) is 11.8 Å². The Bertz CT molecular complexity index is 957. The number of piperazine rings is 1. The summed E-state index contributed by atoms with van der Waals surface area (Å²) >= 11 is 0. The third kappa shape index (κ3) is 5.19. The molecule has 0 aromatic heterocycles. The lowest BCUT2D eigenvalue weighted by molar-refractivity contribution is -0.138. The maximum absolute atomic E-state index is 13.6. The van der Waals surface area contributed by atoms with Crippen LogP contribution in [0.4, 0.5) is 0 Å². The van der Waals surface area contributed by atoms with Crippen molar-refractivity contribution < 1.29 is 22.7 Å². The lowest BCUT2D eigenvalue weighted by Gasteiger charge is -2.39. The van der Waals surface area contributed by atoms with E-state index < -0.39 is 15.8 Å². The molecule has 3 heterocycles. The maximum Gasteiger partial charge on any atom is 0.228 e. The number of ether oxygens (including phenoxy) is 1. The third-order valence-electron chi connectivity index (χ3n) is 7.31. The van der Waals surface area contributed by atoms with Crippen molar-refractivity contribution in [1.29, 1.82) is 0 Å². The Hall–Kier alpha value is -2.13. The smallest absolute Gasteiger partial charge is 0.228 e. The zero-order chi connectivity index (χ0) is 23.6. The number of rotatable bonds is 7. The lowest BCUT2D eigenvalue weighted by atomic mass is 9.91. The van der Waals surface area contributed by atoms with Crippen LogP contribution in [-0.2, 0) is 19.4 Å². The summed E-state index contributed by atoms with van der Waals surface area (Å²) in [6.45, 7) is 5.26. The molecule has 2 amide bonds. The summed E-state index contributed by atoms with van der Waals surface area (Å²) in [6, 6.07) is 7.48. The van der Waals surface area contributed by atoms with E-state index >= 15 is 0 Å². The molecule has 3 saturated heterocycles. The Balaban J connectivity index is 1.47. The van der Waals surface area contributed by atoms with Gasteiger partial charge in [-0.15, -0.1) is 0 Å². The number of nitrogens with zero attached hydrogens (tertiary/aromatic N) is 3. The van der Waals surface area contributed by atoms with E-state index in [4.69, 9.17) is 4.74 Å². The Morgan fingerprint density at radius 1 is 1.12 bits per heavy atom. The first-order valence-corrected chi connectivity index (χ1v) is 13.8. The molecule has 9 heteroatoms. The number of sulfone groups is 1. The predicted molar refractivity (Wildman–Crippen MR) is 126 cm³/mol. The number of hydrogen-bond donors (Lipinski definition) is 0. The van der Waals surface area contributed by atoms with Crippen molar-refractivity contribution in [2.24, 2.45) is 5.92 Å². The number of carbonyl (C=O) groups is 2. The lowest BCUT2D eigenvalue weighted by Crippen LogP contribution is -2.53. The van der Waals surface area contributed by atoms with E-state index in [0.29, 0.717) is 39.1 Å². The van der Waals surface area contributed by atoms with Gasteiger partial charge in [0.1, 0.15) is 5.75 Å². The van der Waals surface area contributed by atoms with E-state index in [1.807, 2.05) is 34.1 Å². The molecule has 33 heavy (non-hydrogen) atoms. The number of methoxy groups -OCH3 is 1. The summed E-state index contributed by atoms with van der Waals surface area (Å²) in [5.74, 6) is 0.902. The zero-order valence-electron chi connectivity index (χ0n) is 19.6. The highest BCUT2D eigenvalue weighted by Crippen LogP contribution is 2.40. The van der Waals surface area contributed by atoms with Crippen molar-refractivity contribution in [2.75, 3.05) is 51.3 Å². The minimum absolute atomic E-state index is 0.0295. The highest BCUT2D eigenvalue weighted by Gasteiger charge is 2.46. The van der Waals surface area contributed by atoms with Gasteiger partial charge in [-0.2, -0.15) is 0 Å². The van der Waals surface area contributed by atoms with Crippen molar-refractivity contribution in [3.8, 4) is 5.75 Å². The number of benzene rings is 1. The SMILES string of the molecule is CCCCN1C(=O)C[C@H](C(=O)N2CCN([C@@H]3CCS(=O)(=O)C3)CC2)[C@H]1c1ccc(OC)cc1. The summed E-state index contributed by atoms with van der Waals surface area (Å²) in [5.41, 5.74) is 0.964. The molecule has 8 nitrogen and oxygen atoms in total. The van der Waals surface area contributed by atoms with Crippen LogP contribution >= 0.6 is 0 Å². The molecule has 182 valence electrons. The van der Waals surface area contributed by atoms with Crippen LogP contribution in [0.5, 0.6) is 5.75 Å². The van der Waals surface area contributed by atoms with Crippen LogP contribution in [0, 0.1) is 5.92 Å². The van der Waals surface area contributed by atoms with Gasteiger partial charge < -0.3 is 14.5 Å². The zero-order valence-corrected chi connectivity index (χ0v) is 20.4. The first-order chi connectivity index (χ1) is 15.8. The number of likely N-dealkylation sites (tertiary alicyclic amines) is 1. The molecular weight excluding hydrogens is 442 g/mol. The molecule has 0 radical (unpaired) electrons. The van der Waals surface area contributed by atoms with Gasteiger partial charge in [0.05, 0.1) is 30.6 Å². The second-order valence-corrected chi connectivity index (χ2v) is 11.6. The summed E-state index contributed by atoms with van der Waals surface area (Å²) in [6.07, 6.45) is 2.80.